The van der Waals surface area contributed by atoms with E-state index >= 15 is 0 Å². The van der Waals surface area contributed by atoms with E-state index in [2.05, 4.69) is 13.8 Å². The Morgan fingerprint density at radius 3 is 2.23 bits per heavy atom. The van der Waals surface area contributed by atoms with E-state index in [4.69, 9.17) is 0 Å². The molecule has 0 amide bonds. The molecule has 0 spiro atoms. The van der Waals surface area contributed by atoms with Crippen LogP contribution in [0.5, 0.6) is 0 Å². The van der Waals surface area contributed by atoms with Gasteiger partial charge in [-0.1, -0.05) is 26.0 Å². The topological polar surface area (TPSA) is 0 Å². The van der Waals surface area contributed by atoms with Gasteiger partial charge in [-0.15, -0.1) is 0 Å². The van der Waals surface area contributed by atoms with Crippen LogP contribution in [0.25, 0.3) is 0 Å². The maximum Gasteiger partial charge on any atom is 0.129 e. The fourth-order valence-corrected chi connectivity index (χ4v) is 1.49. The van der Waals surface area contributed by atoms with Crippen molar-refractivity contribution >= 4 is 0 Å². The predicted molar refractivity (Wildman–Crippen MR) is 54.4 cm³/mol. The lowest BCUT2D eigenvalue weighted by atomic mass is 9.96. The first-order valence-corrected chi connectivity index (χ1v) is 4.77. The molecule has 13 heavy (non-hydrogen) atoms. The SMILES string of the molecule is Cc1ccc(C)c(CC(C)C)c1F. The lowest BCUT2D eigenvalue weighted by Gasteiger charge is -2.11. The van der Waals surface area contributed by atoms with Crippen LogP contribution >= 0.6 is 0 Å². The smallest absolute Gasteiger partial charge is 0.129 e. The fourth-order valence-electron chi connectivity index (χ4n) is 1.49. The van der Waals surface area contributed by atoms with E-state index in [0.29, 0.717) is 5.92 Å². The number of hydrogen-bond acceptors (Lipinski definition) is 0. The van der Waals surface area contributed by atoms with E-state index in [0.717, 1.165) is 23.1 Å². The average Bonchev–Trinajstić information content (AvgIpc) is 2.05. The predicted octanol–water partition coefficient (Wildman–Crippen LogP) is 3.64. The first kappa shape index (κ1) is 10.2. The average molecular weight is 180 g/mol. The van der Waals surface area contributed by atoms with Crippen LogP contribution in [0.1, 0.15) is 30.5 Å². The van der Waals surface area contributed by atoms with Gasteiger partial charge in [0.15, 0.2) is 0 Å². The second kappa shape index (κ2) is 3.91. The van der Waals surface area contributed by atoms with Gasteiger partial charge < -0.3 is 0 Å². The van der Waals surface area contributed by atoms with Gasteiger partial charge in [-0.3, -0.25) is 0 Å². The van der Waals surface area contributed by atoms with Crippen molar-refractivity contribution in [1.29, 1.82) is 0 Å². The van der Waals surface area contributed by atoms with Crippen molar-refractivity contribution in [3.63, 3.8) is 0 Å². The number of hydrogen-bond donors (Lipinski definition) is 0. The molecular formula is C12H17F. The van der Waals surface area contributed by atoms with Crippen molar-refractivity contribution in [2.75, 3.05) is 0 Å². The number of rotatable bonds is 2. The summed E-state index contributed by atoms with van der Waals surface area (Å²) in [7, 11) is 0. The van der Waals surface area contributed by atoms with Crippen LogP contribution in [-0.2, 0) is 6.42 Å². The molecule has 0 bridgehead atoms. The first-order chi connectivity index (χ1) is 6.02. The quantitative estimate of drug-likeness (QED) is 0.651. The van der Waals surface area contributed by atoms with Crippen LogP contribution in [0.3, 0.4) is 0 Å². The summed E-state index contributed by atoms with van der Waals surface area (Å²) in [6, 6.07) is 3.84. The van der Waals surface area contributed by atoms with Gasteiger partial charge in [0, 0.05) is 0 Å². The zero-order chi connectivity index (χ0) is 10.0. The molecule has 1 aromatic rings. The molecule has 0 N–H and O–H groups in total. The van der Waals surface area contributed by atoms with Crippen molar-refractivity contribution in [2.45, 2.75) is 34.1 Å². The largest absolute Gasteiger partial charge is 0.206 e. The Labute approximate surface area is 79.8 Å². The van der Waals surface area contributed by atoms with Crippen molar-refractivity contribution in [3.8, 4) is 0 Å². The highest BCUT2D eigenvalue weighted by Gasteiger charge is 2.09. The van der Waals surface area contributed by atoms with Crippen molar-refractivity contribution < 1.29 is 4.39 Å². The molecule has 0 unspecified atom stereocenters. The van der Waals surface area contributed by atoms with Crippen LogP contribution < -0.4 is 0 Å². The lowest BCUT2D eigenvalue weighted by Crippen LogP contribution is -2.02. The molecule has 72 valence electrons. The van der Waals surface area contributed by atoms with Crippen molar-refractivity contribution in [2.24, 2.45) is 5.92 Å². The number of aryl methyl sites for hydroxylation is 2. The van der Waals surface area contributed by atoms with Gasteiger partial charge in [0.05, 0.1) is 0 Å². The molecule has 0 saturated carbocycles. The van der Waals surface area contributed by atoms with E-state index < -0.39 is 0 Å². The molecule has 0 aliphatic carbocycles. The Morgan fingerprint density at radius 2 is 1.69 bits per heavy atom. The Bertz CT molecular complexity index is 300. The first-order valence-electron chi connectivity index (χ1n) is 4.77. The summed E-state index contributed by atoms with van der Waals surface area (Å²) in [5, 5.41) is 0. The highest BCUT2D eigenvalue weighted by molar-refractivity contribution is 5.32. The number of halogens is 1. The van der Waals surface area contributed by atoms with Gasteiger partial charge in [0.1, 0.15) is 5.82 Å². The van der Waals surface area contributed by atoms with Crippen LogP contribution in [-0.4, -0.2) is 0 Å². The Balaban J connectivity index is 3.10. The monoisotopic (exact) mass is 180 g/mol. The molecule has 1 heteroatoms. The molecule has 0 aliphatic rings. The third-order valence-electron chi connectivity index (χ3n) is 2.28. The van der Waals surface area contributed by atoms with Crippen molar-refractivity contribution in [1.82, 2.24) is 0 Å². The third-order valence-corrected chi connectivity index (χ3v) is 2.28. The molecule has 0 radical (unpaired) electrons. The van der Waals surface area contributed by atoms with Crippen LogP contribution in [0.4, 0.5) is 4.39 Å². The summed E-state index contributed by atoms with van der Waals surface area (Å²) in [5.74, 6) is 0.490. The molecule has 0 aliphatic heterocycles. The van der Waals surface area contributed by atoms with Crippen LogP contribution in [0.2, 0.25) is 0 Å². The maximum atomic E-state index is 13.6. The van der Waals surface area contributed by atoms with E-state index in [1.807, 2.05) is 26.0 Å². The summed E-state index contributed by atoms with van der Waals surface area (Å²) >= 11 is 0. The third kappa shape index (κ3) is 2.30. The summed E-state index contributed by atoms with van der Waals surface area (Å²) in [6.45, 7) is 8.02. The Morgan fingerprint density at radius 1 is 1.15 bits per heavy atom. The highest BCUT2D eigenvalue weighted by atomic mass is 19.1. The zero-order valence-electron chi connectivity index (χ0n) is 8.82. The molecule has 0 atom stereocenters. The van der Waals surface area contributed by atoms with E-state index in [1.165, 1.54) is 0 Å². The van der Waals surface area contributed by atoms with Crippen LogP contribution in [0.15, 0.2) is 12.1 Å². The summed E-state index contributed by atoms with van der Waals surface area (Å²) in [5.41, 5.74) is 2.70. The molecule has 1 rings (SSSR count). The lowest BCUT2D eigenvalue weighted by molar-refractivity contribution is 0.565. The summed E-state index contributed by atoms with van der Waals surface area (Å²) < 4.78 is 13.6. The summed E-state index contributed by atoms with van der Waals surface area (Å²) in [4.78, 5) is 0. The second-order valence-corrected chi connectivity index (χ2v) is 4.09. The van der Waals surface area contributed by atoms with E-state index in [1.54, 1.807) is 0 Å². The zero-order valence-corrected chi connectivity index (χ0v) is 8.82. The molecule has 0 saturated heterocycles. The molecule has 0 fully saturated rings. The summed E-state index contributed by atoms with van der Waals surface area (Å²) in [6.07, 6.45) is 0.833. The second-order valence-electron chi connectivity index (χ2n) is 4.09. The van der Waals surface area contributed by atoms with Gasteiger partial charge in [-0.05, 0) is 42.9 Å². The molecular weight excluding hydrogens is 163 g/mol. The molecule has 1 aromatic carbocycles. The molecule has 0 heterocycles. The maximum absolute atomic E-state index is 13.6. The number of benzene rings is 1. The standard InChI is InChI=1S/C12H17F/c1-8(2)7-11-9(3)5-6-10(4)12(11)13/h5-6,8H,7H2,1-4H3. The Hall–Kier alpha value is -0.850. The minimum absolute atomic E-state index is 0.0197. The van der Waals surface area contributed by atoms with Crippen LogP contribution in [0, 0.1) is 25.6 Å². The van der Waals surface area contributed by atoms with Gasteiger partial charge in [0.2, 0.25) is 0 Å². The highest BCUT2D eigenvalue weighted by Crippen LogP contribution is 2.19. The minimum Gasteiger partial charge on any atom is -0.206 e. The normalized spacial score (nSPS) is 10.9. The molecule has 0 nitrogen and oxygen atoms in total. The fraction of sp³-hybridized carbons (Fsp3) is 0.500. The van der Waals surface area contributed by atoms with E-state index in [9.17, 15) is 4.39 Å². The minimum atomic E-state index is -0.0197. The van der Waals surface area contributed by atoms with Gasteiger partial charge in [-0.2, -0.15) is 0 Å². The van der Waals surface area contributed by atoms with Gasteiger partial charge >= 0.3 is 0 Å². The molecule has 0 aromatic heterocycles. The van der Waals surface area contributed by atoms with E-state index in [-0.39, 0.29) is 5.82 Å². The Kier molecular flexibility index (Phi) is 3.07. The van der Waals surface area contributed by atoms with Crippen molar-refractivity contribution in [3.05, 3.63) is 34.6 Å². The van der Waals surface area contributed by atoms with Gasteiger partial charge in [0.25, 0.3) is 0 Å². The van der Waals surface area contributed by atoms with Gasteiger partial charge in [-0.25, -0.2) is 4.39 Å².